The maximum Gasteiger partial charge on any atom is 0.291 e. The number of aliphatic hydroxyl groups excluding tert-OH is 1. The maximum absolute atomic E-state index is 13.3. The first-order chi connectivity index (χ1) is 58.1. The highest BCUT2D eigenvalue weighted by atomic mass is 16.6. The van der Waals surface area contributed by atoms with Gasteiger partial charge in [-0.05, 0) is 59.7 Å². The van der Waals surface area contributed by atoms with Crippen LogP contribution >= 0.6 is 0 Å². The Morgan fingerprint density at radius 2 is 0.883 bits per heavy atom. The van der Waals surface area contributed by atoms with Crippen molar-refractivity contribution in [1.82, 2.24) is 74.3 Å². The summed E-state index contributed by atoms with van der Waals surface area (Å²) in [5, 5.41) is 34.2. The van der Waals surface area contributed by atoms with Gasteiger partial charge in [0.05, 0.1) is 141 Å². The molecular weight excluding hydrogens is 1560 g/mol. The van der Waals surface area contributed by atoms with Crippen LogP contribution in [0.25, 0.3) is 11.1 Å². The first kappa shape index (κ1) is 90.2. The Bertz CT molecular complexity index is 4780. The van der Waals surface area contributed by atoms with Gasteiger partial charge in [0, 0.05) is 162 Å². The minimum atomic E-state index is -0.642. The number of ether oxygens (including phenoxy) is 8. The number of nitrogens with zero attached hydrogens (tertiary/aromatic N) is 12. The van der Waals surface area contributed by atoms with Crippen molar-refractivity contribution in [3.8, 4) is 11.1 Å². The van der Waals surface area contributed by atoms with Crippen LogP contribution in [0.5, 0.6) is 0 Å². The molecule has 1 atom stereocenters. The number of carbonyl (C=O) groups is 10. The summed E-state index contributed by atoms with van der Waals surface area (Å²) >= 11 is 0. The highest BCUT2D eigenvalue weighted by Gasteiger charge is 2.43. The molecule has 40 nitrogen and oxygen atoms in total. The molecule has 10 amide bonds. The van der Waals surface area contributed by atoms with Crippen LogP contribution in [0.3, 0.4) is 0 Å². The first-order valence-corrected chi connectivity index (χ1v) is 39.4. The van der Waals surface area contributed by atoms with Gasteiger partial charge in [-0.2, -0.15) is 0 Å². The fourth-order valence-electron chi connectivity index (χ4n) is 12.8. The molecule has 0 saturated heterocycles. The van der Waals surface area contributed by atoms with E-state index in [2.05, 4.69) is 77.7 Å². The molecule has 10 N–H and O–H groups in total. The molecule has 0 unspecified atom stereocenters. The summed E-state index contributed by atoms with van der Waals surface area (Å²) in [4.78, 5) is 154. The van der Waals surface area contributed by atoms with Crippen LogP contribution in [-0.2, 0) is 105 Å². The van der Waals surface area contributed by atoms with Crippen LogP contribution in [0, 0.1) is 5.92 Å². The number of aliphatic hydroxyl groups is 1. The summed E-state index contributed by atoms with van der Waals surface area (Å²) in [5.41, 5.74) is 6.26. The van der Waals surface area contributed by atoms with Crippen molar-refractivity contribution < 1.29 is 90.9 Å². The molecule has 1 saturated carbocycles. The minimum absolute atomic E-state index is 0.00568. The number of anilines is 6. The Morgan fingerprint density at radius 3 is 1.36 bits per heavy atom. The molecule has 10 rings (SSSR count). The van der Waals surface area contributed by atoms with Crippen molar-refractivity contribution in [2.24, 2.45) is 41.2 Å². The zero-order valence-electron chi connectivity index (χ0n) is 68.1. The predicted octanol–water partition coefficient (Wildman–Crippen LogP) is 2.49. The lowest BCUT2D eigenvalue weighted by molar-refractivity contribution is -0.121. The number of nitrogens with one attached hydrogen (secondary N) is 9. The monoisotopic (exact) mass is 1660 g/mol. The number of fused-ring (bicyclic) bond motifs is 1. The zero-order valence-corrected chi connectivity index (χ0v) is 68.1. The third-order valence-electron chi connectivity index (χ3n) is 19.0. The molecule has 644 valence electrons. The molecule has 0 bridgehead atoms. The second kappa shape index (κ2) is 46.3. The van der Waals surface area contributed by atoms with Crippen LogP contribution in [-0.4, -0.2) is 263 Å². The van der Waals surface area contributed by atoms with Gasteiger partial charge in [-0.1, -0.05) is 30.3 Å². The number of amides is 10. The standard InChI is InChI=1S/C80H105N21O19/c1-53(103)101-61-14-13-55(41-62(61)100(49-65(101)54-11-12-54)46-56-9-7-8-10-57(56)52-102)58-44-87-71(88-45-58)77(109)86-23-26-114-28-30-116-32-34-118-36-38-120-40-39-119-37-35-117-33-31-115-29-27-113-25-22-81-68(104)15-18-85-78(110)73-93-66(50-98(73)5)91-69(105)16-19-84-76(108)64-43-60(48-97(64)4)90-80(112)74-94-67(51-99(74)6)92-70(106)17-20-83-75(107)63-42-59(47-96(63)3)89-79(111)72-82-21-24-95(72)2/h7-10,13-14,21,24,41-45,47-48,50-51,54,65,102H,11-12,15-20,22-23,25-40,46,49,52H2,1-6H3,(H,81,104)(H,83,107)(H,84,108)(H,85,110)(H,86,109)(H,89,111)(H,90,112)(H,91,105)(H,92,106)/t65-/m1/s1. The summed E-state index contributed by atoms with van der Waals surface area (Å²) in [5.74, 6) is -3.61. The van der Waals surface area contributed by atoms with E-state index in [1.807, 2.05) is 47.4 Å². The summed E-state index contributed by atoms with van der Waals surface area (Å²) in [6.07, 6.45) is 14.2. The van der Waals surface area contributed by atoms with Crippen molar-refractivity contribution in [1.29, 1.82) is 0 Å². The predicted molar refractivity (Wildman–Crippen MR) is 437 cm³/mol. The van der Waals surface area contributed by atoms with Crippen molar-refractivity contribution in [2.45, 2.75) is 58.2 Å². The Hall–Kier alpha value is -12.2. The van der Waals surface area contributed by atoms with E-state index in [9.17, 15) is 53.1 Å². The number of aryl methyl sites for hydroxylation is 5. The van der Waals surface area contributed by atoms with Gasteiger partial charge in [0.15, 0.2) is 17.5 Å². The quantitative estimate of drug-likeness (QED) is 0.0245. The van der Waals surface area contributed by atoms with Gasteiger partial charge in [-0.25, -0.2) is 24.9 Å². The van der Waals surface area contributed by atoms with Crippen LogP contribution in [0.1, 0.15) is 114 Å². The van der Waals surface area contributed by atoms with E-state index < -0.39 is 47.3 Å². The lowest BCUT2D eigenvalue weighted by Crippen LogP contribution is -2.52. The van der Waals surface area contributed by atoms with Crippen LogP contribution in [0.2, 0.25) is 0 Å². The normalized spacial score (nSPS) is 13.0. The van der Waals surface area contributed by atoms with Gasteiger partial charge in [0.25, 0.3) is 35.4 Å². The van der Waals surface area contributed by atoms with Gasteiger partial charge in [-0.15, -0.1) is 0 Å². The number of benzene rings is 2. The molecule has 1 fully saturated rings. The Balaban J connectivity index is 0.469. The third-order valence-corrected chi connectivity index (χ3v) is 19.0. The smallest absolute Gasteiger partial charge is 0.291 e. The number of hydrogen-bond acceptors (Lipinski definition) is 25. The number of imidazole rings is 3. The van der Waals surface area contributed by atoms with E-state index in [1.54, 1.807) is 71.5 Å². The van der Waals surface area contributed by atoms with E-state index in [0.29, 0.717) is 117 Å². The van der Waals surface area contributed by atoms with E-state index in [0.717, 1.165) is 46.5 Å². The molecule has 120 heavy (non-hydrogen) atoms. The fraction of sp³-hybridized carbons (Fsp3) is 0.463. The molecule has 40 heteroatoms. The Labute approximate surface area is 692 Å². The first-order valence-electron chi connectivity index (χ1n) is 39.4. The number of carbonyl (C=O) groups excluding carboxylic acids is 10. The largest absolute Gasteiger partial charge is 0.392 e. The fourth-order valence-corrected chi connectivity index (χ4v) is 12.8. The average Bonchev–Trinajstić information content (AvgIpc) is 1.26. The highest BCUT2D eigenvalue weighted by molar-refractivity contribution is 6.05. The van der Waals surface area contributed by atoms with Crippen molar-refractivity contribution >= 4 is 93.5 Å². The third kappa shape index (κ3) is 27.5. The molecule has 0 radical (unpaired) electrons. The Kier molecular flexibility index (Phi) is 34.8. The van der Waals surface area contributed by atoms with E-state index in [1.165, 1.54) is 55.2 Å². The summed E-state index contributed by atoms with van der Waals surface area (Å²) in [7, 11) is 8.03. The van der Waals surface area contributed by atoms with Crippen LogP contribution in [0.4, 0.5) is 34.4 Å². The topological polar surface area (TPSA) is 469 Å². The minimum Gasteiger partial charge on any atom is -0.392 e. The average molecular weight is 1660 g/mol. The summed E-state index contributed by atoms with van der Waals surface area (Å²) < 4.78 is 51.8. The van der Waals surface area contributed by atoms with Crippen molar-refractivity contribution in [2.75, 3.05) is 176 Å². The van der Waals surface area contributed by atoms with E-state index >= 15 is 0 Å². The summed E-state index contributed by atoms with van der Waals surface area (Å²) in [6.45, 7) is 8.99. The summed E-state index contributed by atoms with van der Waals surface area (Å²) in [6, 6.07) is 16.8. The molecule has 7 heterocycles. The van der Waals surface area contributed by atoms with Gasteiger partial charge < -0.3 is 123 Å². The molecule has 2 aromatic carbocycles. The molecule has 1 aliphatic heterocycles. The number of rotatable bonds is 51. The Morgan fingerprint density at radius 1 is 0.433 bits per heavy atom. The molecule has 0 spiro atoms. The second-order valence-electron chi connectivity index (χ2n) is 28.1. The van der Waals surface area contributed by atoms with Crippen molar-refractivity contribution in [3.63, 3.8) is 0 Å². The molecule has 8 aromatic rings. The van der Waals surface area contributed by atoms with Crippen LogP contribution in [0.15, 0.2) is 104 Å². The van der Waals surface area contributed by atoms with E-state index in [-0.39, 0.29) is 142 Å². The number of aromatic nitrogens is 10. The molecule has 1 aliphatic carbocycles. The second-order valence-corrected chi connectivity index (χ2v) is 28.1. The van der Waals surface area contributed by atoms with Gasteiger partial charge in [0.1, 0.15) is 11.4 Å². The van der Waals surface area contributed by atoms with Gasteiger partial charge >= 0.3 is 0 Å². The molecular formula is C80H105N21O19. The van der Waals surface area contributed by atoms with Crippen LogP contribution < -0.4 is 57.7 Å². The van der Waals surface area contributed by atoms with Gasteiger partial charge in [-0.3, -0.25) is 47.9 Å². The SMILES string of the molecule is CC(=O)N1c2ccc(-c3cnc(C(=O)NCCOCCOCCOCCOCCOCCOCCOCCOCCNC(=O)CCNC(=O)c4nc(NC(=O)CCNC(=O)c5cc(NC(=O)c6nc(NC(=O)CCNC(=O)c7cc(NC(=O)c8nccn8C)cn7C)cn6C)cn5C)cn4C)nc3)cc2N(Cc2ccccc2CO)C[C@@H]1C1CC1. The maximum atomic E-state index is 13.3. The van der Waals surface area contributed by atoms with Crippen molar-refractivity contribution in [3.05, 3.63) is 150 Å². The number of hydrogen-bond donors (Lipinski definition) is 10. The zero-order chi connectivity index (χ0) is 85.3. The lowest BCUT2D eigenvalue weighted by Gasteiger charge is -2.44. The van der Waals surface area contributed by atoms with E-state index in [4.69, 9.17) is 37.9 Å². The molecule has 6 aromatic heterocycles. The molecule has 2 aliphatic rings. The van der Waals surface area contributed by atoms with Gasteiger partial charge in [0.2, 0.25) is 41.1 Å². The highest BCUT2D eigenvalue weighted by Crippen LogP contribution is 2.46. The lowest BCUT2D eigenvalue weighted by atomic mass is 9.98.